The summed E-state index contributed by atoms with van der Waals surface area (Å²) in [5.74, 6) is 1.04. The molecule has 0 radical (unpaired) electrons. The highest BCUT2D eigenvalue weighted by Crippen LogP contribution is 2.32. The van der Waals surface area contributed by atoms with Crippen molar-refractivity contribution in [3.63, 3.8) is 0 Å². The molecule has 1 aliphatic rings. The lowest BCUT2D eigenvalue weighted by Crippen LogP contribution is -2.30. The highest BCUT2D eigenvalue weighted by molar-refractivity contribution is 5.68. The summed E-state index contributed by atoms with van der Waals surface area (Å²) in [6, 6.07) is 12.3. The third kappa shape index (κ3) is 4.28. The largest absolute Gasteiger partial charge is 0.367 e. The molecular formula is C27H30N4O. The number of pyridine rings is 1. The van der Waals surface area contributed by atoms with Crippen LogP contribution in [0.5, 0.6) is 0 Å². The maximum absolute atomic E-state index is 11.7. The summed E-state index contributed by atoms with van der Waals surface area (Å²) in [5, 5.41) is 0. The number of hydrogen-bond acceptors (Lipinski definition) is 4. The lowest BCUT2D eigenvalue weighted by molar-refractivity contribution is 0.326. The molecule has 0 unspecified atom stereocenters. The zero-order chi connectivity index (χ0) is 22.8. The summed E-state index contributed by atoms with van der Waals surface area (Å²) < 4.78 is 0. The smallest absolute Gasteiger partial charge is 0.251 e. The highest BCUT2D eigenvalue weighted by atomic mass is 16.1. The van der Waals surface area contributed by atoms with Crippen molar-refractivity contribution in [3.8, 4) is 11.1 Å². The maximum Gasteiger partial charge on any atom is 0.251 e. The van der Waals surface area contributed by atoms with Gasteiger partial charge in [-0.15, -0.1) is 0 Å². The van der Waals surface area contributed by atoms with E-state index >= 15 is 0 Å². The van der Waals surface area contributed by atoms with Crippen LogP contribution in [0, 0.1) is 0 Å². The number of allylic oxidation sites excluding steroid dienone is 2. The van der Waals surface area contributed by atoms with Crippen molar-refractivity contribution in [2.45, 2.75) is 46.6 Å². The molecule has 0 amide bonds. The summed E-state index contributed by atoms with van der Waals surface area (Å²) in [5.41, 5.74) is 8.90. The number of aromatic amines is 1. The molecule has 5 nitrogen and oxygen atoms in total. The number of aromatic nitrogens is 3. The van der Waals surface area contributed by atoms with E-state index < -0.39 is 0 Å². The third-order valence-corrected chi connectivity index (χ3v) is 6.34. The third-order valence-electron chi connectivity index (χ3n) is 6.34. The number of H-pyrrole nitrogens is 1. The standard InChI is InChI=1S/C27H30N4O/c1-17(2)23-8-6-7-9-24(23)21-14-22-16-31(13-11-25(22)29-15-21)20(5)18(3)19(4)27-28-12-10-26(32)30-27/h6-10,12,14-15,17H,5,11,13,16H2,1-4H3,(H,28,30,32)/b19-18-. The van der Waals surface area contributed by atoms with Crippen LogP contribution in [0.3, 0.4) is 0 Å². The normalized spacial score (nSPS) is 14.2. The Morgan fingerprint density at radius 1 is 1.16 bits per heavy atom. The van der Waals surface area contributed by atoms with E-state index in [0.717, 1.165) is 47.6 Å². The number of nitrogens with zero attached hydrogens (tertiary/aromatic N) is 3. The predicted molar refractivity (Wildman–Crippen MR) is 130 cm³/mol. The molecule has 0 spiro atoms. The van der Waals surface area contributed by atoms with Crippen molar-refractivity contribution in [1.29, 1.82) is 0 Å². The molecule has 4 rings (SSSR count). The lowest BCUT2D eigenvalue weighted by atomic mass is 9.92. The molecular weight excluding hydrogens is 396 g/mol. The van der Waals surface area contributed by atoms with Crippen molar-refractivity contribution in [3.05, 3.63) is 99.6 Å². The van der Waals surface area contributed by atoms with E-state index in [9.17, 15) is 4.79 Å². The van der Waals surface area contributed by atoms with E-state index in [-0.39, 0.29) is 5.56 Å². The Hall–Kier alpha value is -3.47. The molecule has 0 fully saturated rings. The molecule has 32 heavy (non-hydrogen) atoms. The average Bonchev–Trinajstić information content (AvgIpc) is 2.81. The average molecular weight is 427 g/mol. The monoisotopic (exact) mass is 426 g/mol. The first-order valence-electron chi connectivity index (χ1n) is 11.1. The van der Waals surface area contributed by atoms with E-state index in [1.807, 2.05) is 20.0 Å². The second-order valence-corrected chi connectivity index (χ2v) is 8.72. The van der Waals surface area contributed by atoms with Crippen LogP contribution in [0.2, 0.25) is 0 Å². The van der Waals surface area contributed by atoms with Crippen molar-refractivity contribution in [2.75, 3.05) is 6.54 Å². The lowest BCUT2D eigenvalue weighted by Gasteiger charge is -2.33. The predicted octanol–water partition coefficient (Wildman–Crippen LogP) is 5.32. The Kier molecular flexibility index (Phi) is 6.08. The molecule has 1 N–H and O–H groups in total. The van der Waals surface area contributed by atoms with Gasteiger partial charge in [-0.2, -0.15) is 0 Å². The van der Waals surface area contributed by atoms with Crippen LogP contribution in [-0.4, -0.2) is 26.4 Å². The Labute approximate surface area is 189 Å². The van der Waals surface area contributed by atoms with Gasteiger partial charge in [0.25, 0.3) is 5.56 Å². The Bertz CT molecular complexity index is 1250. The fourth-order valence-electron chi connectivity index (χ4n) is 4.26. The molecule has 1 aromatic carbocycles. The van der Waals surface area contributed by atoms with E-state index in [1.54, 1.807) is 0 Å². The first-order valence-corrected chi connectivity index (χ1v) is 11.1. The molecule has 0 bridgehead atoms. The molecule has 164 valence electrons. The molecule has 0 saturated heterocycles. The van der Waals surface area contributed by atoms with Gasteiger partial charge in [-0.05, 0) is 53.7 Å². The number of fused-ring (bicyclic) bond motifs is 1. The Balaban J connectivity index is 1.62. The second-order valence-electron chi connectivity index (χ2n) is 8.72. The summed E-state index contributed by atoms with van der Waals surface area (Å²) in [4.78, 5) is 25.9. The molecule has 2 aromatic heterocycles. The van der Waals surface area contributed by atoms with Crippen molar-refractivity contribution < 1.29 is 0 Å². The van der Waals surface area contributed by atoms with Crippen LogP contribution in [0.4, 0.5) is 0 Å². The van der Waals surface area contributed by atoms with Gasteiger partial charge >= 0.3 is 0 Å². The molecule has 0 aliphatic carbocycles. The van der Waals surface area contributed by atoms with E-state index in [4.69, 9.17) is 4.98 Å². The minimum Gasteiger partial charge on any atom is -0.367 e. The van der Waals surface area contributed by atoms with Crippen LogP contribution >= 0.6 is 0 Å². The van der Waals surface area contributed by atoms with Gasteiger partial charge < -0.3 is 9.88 Å². The van der Waals surface area contributed by atoms with Crippen LogP contribution in [0.1, 0.15) is 56.3 Å². The first kappa shape index (κ1) is 21.8. The molecule has 5 heteroatoms. The second kappa shape index (κ2) is 8.95. The number of hydrogen-bond donors (Lipinski definition) is 1. The summed E-state index contributed by atoms with van der Waals surface area (Å²) in [6.45, 7) is 14.5. The van der Waals surface area contributed by atoms with Gasteiger partial charge in [0, 0.05) is 54.9 Å². The SMILES string of the molecule is C=C(/C(C)=C(/C)c1nccc(=O)[nH]1)N1CCc2ncc(-c3ccccc3C(C)C)cc2C1. The summed E-state index contributed by atoms with van der Waals surface area (Å²) in [6.07, 6.45) is 4.43. The van der Waals surface area contributed by atoms with E-state index in [0.29, 0.717) is 11.7 Å². The summed E-state index contributed by atoms with van der Waals surface area (Å²) in [7, 11) is 0. The Morgan fingerprint density at radius 2 is 1.94 bits per heavy atom. The van der Waals surface area contributed by atoms with Gasteiger partial charge in [-0.1, -0.05) is 44.7 Å². The van der Waals surface area contributed by atoms with Gasteiger partial charge in [0.05, 0.1) is 0 Å². The zero-order valence-corrected chi connectivity index (χ0v) is 19.3. The van der Waals surface area contributed by atoms with Gasteiger partial charge in [-0.25, -0.2) is 4.98 Å². The first-order chi connectivity index (χ1) is 15.3. The van der Waals surface area contributed by atoms with Crippen molar-refractivity contribution in [2.24, 2.45) is 0 Å². The summed E-state index contributed by atoms with van der Waals surface area (Å²) >= 11 is 0. The molecule has 3 aromatic rings. The molecule has 0 atom stereocenters. The van der Waals surface area contributed by atoms with Crippen LogP contribution in [0.25, 0.3) is 16.7 Å². The van der Waals surface area contributed by atoms with Crippen LogP contribution < -0.4 is 5.56 Å². The fraction of sp³-hybridized carbons (Fsp3) is 0.296. The molecule has 0 saturated carbocycles. The van der Waals surface area contributed by atoms with Gasteiger partial charge in [0.1, 0.15) is 5.82 Å². The van der Waals surface area contributed by atoms with Crippen molar-refractivity contribution >= 4 is 5.57 Å². The highest BCUT2D eigenvalue weighted by Gasteiger charge is 2.21. The van der Waals surface area contributed by atoms with Crippen LogP contribution in [0.15, 0.2) is 71.4 Å². The number of benzene rings is 1. The van der Waals surface area contributed by atoms with E-state index in [1.165, 1.54) is 29.0 Å². The van der Waals surface area contributed by atoms with Gasteiger partial charge in [0.15, 0.2) is 0 Å². The van der Waals surface area contributed by atoms with Gasteiger partial charge in [-0.3, -0.25) is 9.78 Å². The number of rotatable bonds is 5. The quantitative estimate of drug-likeness (QED) is 0.561. The van der Waals surface area contributed by atoms with E-state index in [2.05, 4.69) is 65.6 Å². The number of nitrogens with one attached hydrogen (secondary N) is 1. The molecule has 3 heterocycles. The van der Waals surface area contributed by atoms with Gasteiger partial charge in [0.2, 0.25) is 0 Å². The zero-order valence-electron chi connectivity index (χ0n) is 19.3. The fourth-order valence-corrected chi connectivity index (χ4v) is 4.26. The topological polar surface area (TPSA) is 61.9 Å². The maximum atomic E-state index is 11.7. The minimum atomic E-state index is -0.153. The molecule has 1 aliphatic heterocycles. The van der Waals surface area contributed by atoms with Crippen molar-refractivity contribution in [1.82, 2.24) is 19.9 Å². The minimum absolute atomic E-state index is 0.153. The van der Waals surface area contributed by atoms with Crippen LogP contribution in [-0.2, 0) is 13.0 Å². The Morgan fingerprint density at radius 3 is 2.69 bits per heavy atom.